The molecule has 4 heteroatoms. The molecular weight excluding hydrogens is 282 g/mol. The summed E-state index contributed by atoms with van der Waals surface area (Å²) in [6.45, 7) is 1.99. The average molecular weight is 300 g/mol. The highest BCUT2D eigenvalue weighted by Gasteiger charge is 2.10. The number of benzene rings is 1. The van der Waals surface area contributed by atoms with Crippen LogP contribution in [0.4, 0.5) is 0 Å². The molecule has 94 valence electrons. The third-order valence-corrected chi connectivity index (χ3v) is 3.25. The van der Waals surface area contributed by atoms with Gasteiger partial charge in [0.15, 0.2) is 0 Å². The Bertz CT molecular complexity index is 393. The van der Waals surface area contributed by atoms with Crippen molar-refractivity contribution in [2.45, 2.75) is 32.2 Å². The van der Waals surface area contributed by atoms with Crippen molar-refractivity contribution in [3.05, 3.63) is 28.2 Å². The van der Waals surface area contributed by atoms with E-state index in [9.17, 15) is 4.79 Å². The van der Waals surface area contributed by atoms with E-state index in [4.69, 9.17) is 10.5 Å². The molecule has 1 atom stereocenters. The molecule has 1 aromatic rings. The van der Waals surface area contributed by atoms with Crippen LogP contribution < -0.4 is 10.5 Å². The van der Waals surface area contributed by atoms with Gasteiger partial charge in [0.25, 0.3) is 0 Å². The van der Waals surface area contributed by atoms with Gasteiger partial charge in [-0.05, 0) is 40.0 Å². The number of hydrogen-bond acceptors (Lipinski definition) is 3. The van der Waals surface area contributed by atoms with E-state index in [1.165, 1.54) is 0 Å². The number of halogens is 1. The van der Waals surface area contributed by atoms with Gasteiger partial charge in [0.05, 0.1) is 11.6 Å². The van der Waals surface area contributed by atoms with E-state index < -0.39 is 0 Å². The van der Waals surface area contributed by atoms with Gasteiger partial charge in [-0.1, -0.05) is 13.0 Å². The van der Waals surface area contributed by atoms with Crippen molar-refractivity contribution < 1.29 is 9.53 Å². The standard InChI is InChI=1S/C13H18BrNO2/c1-3-10(15)8-11(16)6-9-4-5-13(17-2)12(14)7-9/h4-5,7,10H,3,6,8,15H2,1-2H3. The van der Waals surface area contributed by atoms with Crippen LogP contribution in [0.5, 0.6) is 5.75 Å². The third-order valence-electron chi connectivity index (χ3n) is 2.63. The van der Waals surface area contributed by atoms with Crippen LogP contribution in [0.15, 0.2) is 22.7 Å². The zero-order valence-electron chi connectivity index (χ0n) is 10.2. The summed E-state index contributed by atoms with van der Waals surface area (Å²) in [5.41, 5.74) is 6.73. The summed E-state index contributed by atoms with van der Waals surface area (Å²) < 4.78 is 6.00. The van der Waals surface area contributed by atoms with E-state index in [2.05, 4.69) is 15.9 Å². The van der Waals surface area contributed by atoms with Crippen molar-refractivity contribution in [3.63, 3.8) is 0 Å². The van der Waals surface area contributed by atoms with Crippen molar-refractivity contribution >= 4 is 21.7 Å². The summed E-state index contributed by atoms with van der Waals surface area (Å²) in [6, 6.07) is 5.64. The van der Waals surface area contributed by atoms with E-state index in [0.29, 0.717) is 12.8 Å². The highest BCUT2D eigenvalue weighted by Crippen LogP contribution is 2.25. The van der Waals surface area contributed by atoms with E-state index in [0.717, 1.165) is 22.2 Å². The molecule has 0 heterocycles. The van der Waals surface area contributed by atoms with Crippen LogP contribution in [-0.4, -0.2) is 18.9 Å². The van der Waals surface area contributed by atoms with Gasteiger partial charge in [-0.15, -0.1) is 0 Å². The average Bonchev–Trinajstić information content (AvgIpc) is 2.29. The van der Waals surface area contributed by atoms with Crippen LogP contribution in [0.3, 0.4) is 0 Å². The van der Waals surface area contributed by atoms with Crippen LogP contribution in [0.2, 0.25) is 0 Å². The van der Waals surface area contributed by atoms with Crippen molar-refractivity contribution in [1.82, 2.24) is 0 Å². The maximum atomic E-state index is 11.7. The largest absolute Gasteiger partial charge is 0.496 e. The lowest BCUT2D eigenvalue weighted by Gasteiger charge is -2.08. The van der Waals surface area contributed by atoms with E-state index >= 15 is 0 Å². The lowest BCUT2D eigenvalue weighted by molar-refractivity contribution is -0.118. The first-order valence-electron chi connectivity index (χ1n) is 5.66. The van der Waals surface area contributed by atoms with Crippen molar-refractivity contribution in [2.24, 2.45) is 5.73 Å². The zero-order valence-corrected chi connectivity index (χ0v) is 11.8. The van der Waals surface area contributed by atoms with Gasteiger partial charge in [-0.3, -0.25) is 4.79 Å². The predicted molar refractivity (Wildman–Crippen MR) is 72.3 cm³/mol. The molecule has 2 N–H and O–H groups in total. The minimum Gasteiger partial charge on any atom is -0.496 e. The highest BCUT2D eigenvalue weighted by molar-refractivity contribution is 9.10. The molecule has 0 fully saturated rings. The molecule has 0 amide bonds. The van der Waals surface area contributed by atoms with Crippen LogP contribution >= 0.6 is 15.9 Å². The van der Waals surface area contributed by atoms with Crippen LogP contribution in [-0.2, 0) is 11.2 Å². The summed E-state index contributed by atoms with van der Waals surface area (Å²) >= 11 is 3.40. The number of methoxy groups -OCH3 is 1. The quantitative estimate of drug-likeness (QED) is 0.879. The second-order valence-corrected chi connectivity index (χ2v) is 4.91. The number of ketones is 1. The zero-order chi connectivity index (χ0) is 12.8. The lowest BCUT2D eigenvalue weighted by Crippen LogP contribution is -2.23. The van der Waals surface area contributed by atoms with E-state index in [1.807, 2.05) is 25.1 Å². The number of nitrogens with two attached hydrogens (primary N) is 1. The summed E-state index contributed by atoms with van der Waals surface area (Å²) in [6.07, 6.45) is 1.70. The summed E-state index contributed by atoms with van der Waals surface area (Å²) in [5, 5.41) is 0. The number of rotatable bonds is 6. The number of ether oxygens (including phenoxy) is 1. The molecule has 1 unspecified atom stereocenters. The fourth-order valence-electron chi connectivity index (χ4n) is 1.56. The van der Waals surface area contributed by atoms with Gasteiger partial charge >= 0.3 is 0 Å². The molecular formula is C13H18BrNO2. The molecule has 0 aliphatic carbocycles. The normalized spacial score (nSPS) is 12.2. The molecule has 0 saturated carbocycles. The van der Waals surface area contributed by atoms with Gasteiger partial charge in [0.2, 0.25) is 0 Å². The molecule has 1 aromatic carbocycles. The highest BCUT2D eigenvalue weighted by atomic mass is 79.9. The van der Waals surface area contributed by atoms with Gasteiger partial charge in [-0.25, -0.2) is 0 Å². The minimum absolute atomic E-state index is 0.0239. The molecule has 3 nitrogen and oxygen atoms in total. The topological polar surface area (TPSA) is 52.3 Å². The number of hydrogen-bond donors (Lipinski definition) is 1. The maximum Gasteiger partial charge on any atom is 0.138 e. The Balaban J connectivity index is 2.63. The Kier molecular flexibility index (Phi) is 5.65. The van der Waals surface area contributed by atoms with Crippen LogP contribution in [0.25, 0.3) is 0 Å². The molecule has 1 rings (SSSR count). The second kappa shape index (κ2) is 6.77. The van der Waals surface area contributed by atoms with Crippen molar-refractivity contribution in [2.75, 3.05) is 7.11 Å². The number of carbonyl (C=O) groups is 1. The molecule has 0 bridgehead atoms. The smallest absolute Gasteiger partial charge is 0.138 e. The Morgan fingerprint density at radius 1 is 1.53 bits per heavy atom. The minimum atomic E-state index is -0.0239. The predicted octanol–water partition coefficient (Wildman–Crippen LogP) is 2.70. The molecule has 0 saturated heterocycles. The summed E-state index contributed by atoms with van der Waals surface area (Å²) in [5.74, 6) is 0.947. The number of carbonyl (C=O) groups excluding carboxylic acids is 1. The summed E-state index contributed by atoms with van der Waals surface area (Å²) in [4.78, 5) is 11.7. The van der Waals surface area contributed by atoms with Crippen molar-refractivity contribution in [3.8, 4) is 5.75 Å². The molecule has 0 aliphatic heterocycles. The monoisotopic (exact) mass is 299 g/mol. The van der Waals surface area contributed by atoms with Crippen molar-refractivity contribution in [1.29, 1.82) is 0 Å². The Labute approximate surface area is 110 Å². The SMILES string of the molecule is CCC(N)CC(=O)Cc1ccc(OC)c(Br)c1. The first kappa shape index (κ1) is 14.2. The Morgan fingerprint density at radius 2 is 2.24 bits per heavy atom. The van der Waals surface area contributed by atoms with Gasteiger partial charge in [0.1, 0.15) is 11.5 Å². The summed E-state index contributed by atoms with van der Waals surface area (Å²) in [7, 11) is 1.62. The molecule has 0 spiro atoms. The second-order valence-electron chi connectivity index (χ2n) is 4.06. The van der Waals surface area contributed by atoms with Crippen LogP contribution in [0.1, 0.15) is 25.3 Å². The Morgan fingerprint density at radius 3 is 2.76 bits per heavy atom. The first-order valence-corrected chi connectivity index (χ1v) is 6.45. The maximum absolute atomic E-state index is 11.7. The van der Waals surface area contributed by atoms with Crippen LogP contribution in [0, 0.1) is 0 Å². The molecule has 0 aromatic heterocycles. The van der Waals surface area contributed by atoms with E-state index in [1.54, 1.807) is 7.11 Å². The fourth-order valence-corrected chi connectivity index (χ4v) is 2.14. The van der Waals surface area contributed by atoms with Gasteiger partial charge < -0.3 is 10.5 Å². The molecule has 17 heavy (non-hydrogen) atoms. The Hall–Kier alpha value is -0.870. The van der Waals surface area contributed by atoms with E-state index in [-0.39, 0.29) is 11.8 Å². The first-order chi connectivity index (χ1) is 8.06. The van der Waals surface area contributed by atoms with Gasteiger partial charge in [-0.2, -0.15) is 0 Å². The fraction of sp³-hybridized carbons (Fsp3) is 0.462. The molecule has 0 radical (unpaired) electrons. The molecule has 0 aliphatic rings. The third kappa shape index (κ3) is 4.48. The number of Topliss-reactive ketones (excluding diaryl/α,β-unsaturated/α-hetero) is 1. The van der Waals surface area contributed by atoms with Gasteiger partial charge in [0, 0.05) is 18.9 Å². The lowest BCUT2D eigenvalue weighted by atomic mass is 10.0.